The molecule has 0 aliphatic carbocycles. The first kappa shape index (κ1) is 13.6. The van der Waals surface area contributed by atoms with Crippen molar-refractivity contribution in [2.24, 2.45) is 11.8 Å². The Hall–Kier alpha value is -1.41. The van der Waals surface area contributed by atoms with Gasteiger partial charge in [-0.05, 0) is 34.7 Å². The highest BCUT2D eigenvalue weighted by atomic mass is 127. The molecule has 3 rings (SSSR count). The predicted octanol–water partition coefficient (Wildman–Crippen LogP) is 0.549. The lowest BCUT2D eigenvalue weighted by Crippen LogP contribution is -2.45. The van der Waals surface area contributed by atoms with Crippen LogP contribution >= 0.6 is 22.6 Å². The summed E-state index contributed by atoms with van der Waals surface area (Å²) in [5, 5.41) is 14.0. The zero-order valence-corrected chi connectivity index (χ0v) is 12.4. The Morgan fingerprint density at radius 3 is 2.45 bits per heavy atom. The van der Waals surface area contributed by atoms with E-state index in [1.165, 1.54) is 0 Å². The minimum Gasteiger partial charge on any atom is -0.550 e. The van der Waals surface area contributed by atoms with Gasteiger partial charge in [0.2, 0.25) is 5.91 Å². The highest BCUT2D eigenvalue weighted by Crippen LogP contribution is 2.39. The zero-order chi connectivity index (χ0) is 14.3. The lowest BCUT2D eigenvalue weighted by atomic mass is 9.82. The van der Waals surface area contributed by atoms with Crippen LogP contribution in [0.15, 0.2) is 36.4 Å². The summed E-state index contributed by atoms with van der Waals surface area (Å²) in [6.45, 7) is 0. The number of ether oxygens (including phenoxy) is 1. The SMILES string of the molecule is O=C(Nc1ccccc1I)[C@@H]1[C@@H](C(=O)[O-])[C@H]2C=C[C@@H]1O2. The molecule has 1 aromatic carbocycles. The Labute approximate surface area is 129 Å². The fraction of sp³-hybridized carbons (Fsp3) is 0.286. The van der Waals surface area contributed by atoms with E-state index in [4.69, 9.17) is 4.74 Å². The summed E-state index contributed by atoms with van der Waals surface area (Å²) >= 11 is 2.11. The number of benzene rings is 1. The van der Waals surface area contributed by atoms with Gasteiger partial charge in [-0.25, -0.2) is 0 Å². The number of carbonyl (C=O) groups is 2. The van der Waals surface area contributed by atoms with Crippen LogP contribution in [0, 0.1) is 15.4 Å². The second kappa shape index (κ2) is 5.17. The van der Waals surface area contributed by atoms with Crippen molar-refractivity contribution in [3.05, 3.63) is 40.0 Å². The summed E-state index contributed by atoms with van der Waals surface area (Å²) in [5.74, 6) is -3.26. The van der Waals surface area contributed by atoms with Crippen molar-refractivity contribution in [2.75, 3.05) is 5.32 Å². The maximum Gasteiger partial charge on any atom is 0.231 e. The number of hydrogen-bond donors (Lipinski definition) is 1. The van der Waals surface area contributed by atoms with Crippen molar-refractivity contribution < 1.29 is 19.4 Å². The first-order valence-corrected chi connectivity index (χ1v) is 7.26. The summed E-state index contributed by atoms with van der Waals surface area (Å²) in [4.78, 5) is 23.6. The largest absolute Gasteiger partial charge is 0.550 e. The number of amides is 1. The minimum atomic E-state index is -1.25. The molecule has 1 amide bonds. The molecular weight excluding hydrogens is 373 g/mol. The van der Waals surface area contributed by atoms with Gasteiger partial charge in [0.25, 0.3) is 0 Å². The van der Waals surface area contributed by atoms with Gasteiger partial charge in [-0.2, -0.15) is 0 Å². The number of anilines is 1. The number of carbonyl (C=O) groups excluding carboxylic acids is 2. The molecule has 104 valence electrons. The maximum atomic E-state index is 12.4. The van der Waals surface area contributed by atoms with Crippen LogP contribution in [0.25, 0.3) is 0 Å². The van der Waals surface area contributed by atoms with Gasteiger partial charge in [0.1, 0.15) is 0 Å². The molecule has 2 bridgehead atoms. The maximum absolute atomic E-state index is 12.4. The van der Waals surface area contributed by atoms with Gasteiger partial charge in [-0.3, -0.25) is 4.79 Å². The number of aliphatic carboxylic acids is 1. The van der Waals surface area contributed by atoms with Gasteiger partial charge in [0.15, 0.2) is 0 Å². The Morgan fingerprint density at radius 1 is 1.15 bits per heavy atom. The van der Waals surface area contributed by atoms with Crippen LogP contribution in [0.5, 0.6) is 0 Å². The Bertz CT molecular complexity index is 601. The van der Waals surface area contributed by atoms with E-state index in [1.807, 2.05) is 18.2 Å². The Morgan fingerprint density at radius 2 is 1.80 bits per heavy atom. The van der Waals surface area contributed by atoms with E-state index >= 15 is 0 Å². The number of halogens is 1. The topological polar surface area (TPSA) is 78.5 Å². The molecule has 1 saturated heterocycles. The third kappa shape index (κ3) is 2.22. The number of hydrogen-bond acceptors (Lipinski definition) is 4. The van der Waals surface area contributed by atoms with E-state index in [0.717, 1.165) is 3.57 Å². The molecule has 0 spiro atoms. The Balaban J connectivity index is 1.82. The predicted molar refractivity (Wildman–Crippen MR) is 77.6 cm³/mol. The quantitative estimate of drug-likeness (QED) is 0.610. The average Bonchev–Trinajstić information content (AvgIpc) is 3.01. The van der Waals surface area contributed by atoms with E-state index in [0.29, 0.717) is 5.69 Å². The molecular formula is C14H11INO4-. The highest BCUT2D eigenvalue weighted by molar-refractivity contribution is 14.1. The number of para-hydroxylation sites is 1. The van der Waals surface area contributed by atoms with Crippen LogP contribution in [0.4, 0.5) is 5.69 Å². The fourth-order valence-electron chi connectivity index (χ4n) is 2.68. The van der Waals surface area contributed by atoms with Crippen LogP contribution in [-0.2, 0) is 14.3 Å². The zero-order valence-electron chi connectivity index (χ0n) is 10.3. The Kier molecular flexibility index (Phi) is 3.51. The van der Waals surface area contributed by atoms with Crippen molar-refractivity contribution in [1.29, 1.82) is 0 Å². The monoisotopic (exact) mass is 384 g/mol. The van der Waals surface area contributed by atoms with E-state index in [1.54, 1.807) is 18.2 Å². The molecule has 1 fully saturated rings. The minimum absolute atomic E-state index is 0.347. The summed E-state index contributed by atoms with van der Waals surface area (Å²) < 4.78 is 6.34. The number of nitrogens with one attached hydrogen (secondary N) is 1. The molecule has 1 N–H and O–H groups in total. The highest BCUT2D eigenvalue weighted by Gasteiger charge is 2.50. The van der Waals surface area contributed by atoms with Crippen molar-refractivity contribution >= 4 is 40.2 Å². The van der Waals surface area contributed by atoms with E-state index in [9.17, 15) is 14.7 Å². The van der Waals surface area contributed by atoms with Crippen LogP contribution < -0.4 is 10.4 Å². The summed E-state index contributed by atoms with van der Waals surface area (Å²) in [5.41, 5.74) is 0.668. The average molecular weight is 384 g/mol. The summed E-state index contributed by atoms with van der Waals surface area (Å²) in [6.07, 6.45) is 2.38. The van der Waals surface area contributed by atoms with Gasteiger partial charge >= 0.3 is 0 Å². The number of carboxylic acids is 1. The second-order valence-electron chi connectivity index (χ2n) is 4.79. The molecule has 0 aromatic heterocycles. The molecule has 0 unspecified atom stereocenters. The van der Waals surface area contributed by atoms with Crippen molar-refractivity contribution in [2.45, 2.75) is 12.2 Å². The molecule has 6 heteroatoms. The first-order valence-electron chi connectivity index (χ1n) is 6.18. The molecule has 2 heterocycles. The number of carboxylic acid groups (broad SMARTS) is 1. The second-order valence-corrected chi connectivity index (χ2v) is 5.95. The molecule has 2 aliphatic rings. The van der Waals surface area contributed by atoms with Crippen molar-refractivity contribution in [1.82, 2.24) is 0 Å². The van der Waals surface area contributed by atoms with E-state index in [2.05, 4.69) is 27.9 Å². The molecule has 1 aromatic rings. The molecule has 2 aliphatic heterocycles. The standard InChI is InChI=1S/C14H12INO4/c15-7-3-1-2-4-8(7)16-13(17)11-9-5-6-10(20-9)12(11)14(18)19/h1-6,9-12H,(H,16,17)(H,18,19)/p-1/t9-,10+,11-,12-/m0/s1. The number of rotatable bonds is 3. The molecule has 20 heavy (non-hydrogen) atoms. The van der Waals surface area contributed by atoms with E-state index in [-0.39, 0.29) is 5.91 Å². The van der Waals surface area contributed by atoms with Gasteiger partial charge in [0.05, 0.1) is 23.8 Å². The summed E-state index contributed by atoms with van der Waals surface area (Å²) in [6, 6.07) is 7.32. The lowest BCUT2D eigenvalue weighted by Gasteiger charge is -2.25. The third-order valence-corrected chi connectivity index (χ3v) is 4.55. The van der Waals surface area contributed by atoms with Crippen LogP contribution in [-0.4, -0.2) is 24.1 Å². The fourth-order valence-corrected chi connectivity index (χ4v) is 3.20. The van der Waals surface area contributed by atoms with Gasteiger partial charge < -0.3 is 20.0 Å². The van der Waals surface area contributed by atoms with Gasteiger partial charge in [-0.15, -0.1) is 0 Å². The molecule has 0 saturated carbocycles. The molecule has 4 atom stereocenters. The molecule has 5 nitrogen and oxygen atoms in total. The summed E-state index contributed by atoms with van der Waals surface area (Å²) in [7, 11) is 0. The first-order chi connectivity index (χ1) is 9.58. The van der Waals surface area contributed by atoms with Crippen molar-refractivity contribution in [3.63, 3.8) is 0 Å². The lowest BCUT2D eigenvalue weighted by molar-refractivity contribution is -0.313. The molecule has 0 radical (unpaired) electrons. The van der Waals surface area contributed by atoms with Gasteiger partial charge in [0, 0.05) is 15.5 Å². The van der Waals surface area contributed by atoms with E-state index < -0.39 is 30.0 Å². The smallest absolute Gasteiger partial charge is 0.231 e. The van der Waals surface area contributed by atoms with Crippen molar-refractivity contribution in [3.8, 4) is 0 Å². The van der Waals surface area contributed by atoms with Crippen LogP contribution in [0.2, 0.25) is 0 Å². The van der Waals surface area contributed by atoms with Crippen LogP contribution in [0.1, 0.15) is 0 Å². The van der Waals surface area contributed by atoms with Crippen LogP contribution in [0.3, 0.4) is 0 Å². The normalized spacial score (nSPS) is 30.4. The number of fused-ring (bicyclic) bond motifs is 2. The third-order valence-electron chi connectivity index (χ3n) is 3.61. The van der Waals surface area contributed by atoms with Gasteiger partial charge in [-0.1, -0.05) is 24.3 Å².